The molecule has 27 heavy (non-hydrogen) atoms. The maximum Gasteiger partial charge on any atom is 0.262 e. The van der Waals surface area contributed by atoms with E-state index in [1.54, 1.807) is 22.1 Å². The van der Waals surface area contributed by atoms with Crippen molar-refractivity contribution in [1.82, 2.24) is 24.0 Å². The number of imidazole rings is 1. The summed E-state index contributed by atoms with van der Waals surface area (Å²) in [6, 6.07) is 1.96. The molecule has 0 spiro atoms. The van der Waals surface area contributed by atoms with Gasteiger partial charge in [0.05, 0.1) is 5.39 Å². The minimum Gasteiger partial charge on any atom is -0.340 e. The molecule has 8 heteroatoms. The Kier molecular flexibility index (Phi) is 4.59. The number of carbonyl (C=O) groups excluding carboxylic acids is 1. The number of aryl methyl sites for hydroxylation is 2. The lowest BCUT2D eigenvalue weighted by molar-refractivity contribution is -0.131. The lowest BCUT2D eigenvalue weighted by Gasteiger charge is -2.23. The van der Waals surface area contributed by atoms with E-state index < -0.39 is 0 Å². The second-order valence-electron chi connectivity index (χ2n) is 7.13. The summed E-state index contributed by atoms with van der Waals surface area (Å²) in [6.07, 6.45) is 4.69. The summed E-state index contributed by atoms with van der Waals surface area (Å²) in [5.41, 5.74) is 0.0102. The third-order valence-electron chi connectivity index (χ3n) is 5.21. The number of fused-ring (bicyclic) bond motifs is 2. The van der Waals surface area contributed by atoms with Crippen molar-refractivity contribution in [3.63, 3.8) is 0 Å². The molecule has 142 valence electrons. The van der Waals surface area contributed by atoms with Gasteiger partial charge in [0.1, 0.15) is 16.5 Å². The van der Waals surface area contributed by atoms with Gasteiger partial charge in [-0.3, -0.25) is 14.2 Å². The van der Waals surface area contributed by atoms with Gasteiger partial charge >= 0.3 is 0 Å². The Bertz CT molecular complexity index is 1060. The SMILES string of the molecule is Cc1cc2c(=O)n3c(nc2s1)CCN(C(=O)CC(C)n1ccnc1C)CC3. The lowest BCUT2D eigenvalue weighted by atomic mass is 10.2. The van der Waals surface area contributed by atoms with Gasteiger partial charge in [0, 0.05) is 55.8 Å². The van der Waals surface area contributed by atoms with Crippen molar-refractivity contribution in [3.8, 4) is 0 Å². The Hall–Kier alpha value is -2.48. The number of thiophene rings is 1. The van der Waals surface area contributed by atoms with Gasteiger partial charge in [-0.1, -0.05) is 0 Å². The number of nitrogens with zero attached hydrogens (tertiary/aromatic N) is 5. The third-order valence-corrected chi connectivity index (χ3v) is 6.16. The van der Waals surface area contributed by atoms with Gasteiger partial charge < -0.3 is 9.47 Å². The molecule has 1 aliphatic heterocycles. The van der Waals surface area contributed by atoms with Crippen LogP contribution in [0, 0.1) is 13.8 Å². The zero-order valence-electron chi connectivity index (χ0n) is 15.8. The molecule has 0 N–H and O–H groups in total. The predicted octanol–water partition coefficient (Wildman–Crippen LogP) is 2.31. The zero-order chi connectivity index (χ0) is 19.1. The fourth-order valence-corrected chi connectivity index (χ4v) is 4.64. The van der Waals surface area contributed by atoms with Crippen LogP contribution >= 0.6 is 11.3 Å². The minimum absolute atomic E-state index is 0.0102. The first kappa shape index (κ1) is 17.9. The van der Waals surface area contributed by atoms with Gasteiger partial charge in [-0.05, 0) is 26.8 Å². The molecule has 7 nitrogen and oxygen atoms in total. The van der Waals surface area contributed by atoms with Crippen molar-refractivity contribution in [3.05, 3.63) is 45.3 Å². The first-order valence-corrected chi connectivity index (χ1v) is 10.0. The molecule has 3 aromatic heterocycles. The van der Waals surface area contributed by atoms with Crippen LogP contribution in [0.25, 0.3) is 10.2 Å². The third kappa shape index (κ3) is 3.29. The molecule has 1 atom stereocenters. The van der Waals surface area contributed by atoms with E-state index >= 15 is 0 Å². The topological polar surface area (TPSA) is 73.0 Å². The molecular formula is C19H23N5O2S. The van der Waals surface area contributed by atoms with E-state index in [2.05, 4.69) is 4.98 Å². The summed E-state index contributed by atoms with van der Waals surface area (Å²) in [4.78, 5) is 38.3. The Morgan fingerprint density at radius 1 is 1.30 bits per heavy atom. The first-order valence-electron chi connectivity index (χ1n) is 9.21. The largest absolute Gasteiger partial charge is 0.340 e. The molecule has 0 saturated carbocycles. The summed E-state index contributed by atoms with van der Waals surface area (Å²) < 4.78 is 3.76. The summed E-state index contributed by atoms with van der Waals surface area (Å²) in [5.74, 6) is 1.79. The molecule has 4 rings (SSSR count). The van der Waals surface area contributed by atoms with Gasteiger partial charge in [-0.2, -0.15) is 0 Å². The van der Waals surface area contributed by atoms with E-state index in [1.807, 2.05) is 42.5 Å². The highest BCUT2D eigenvalue weighted by Gasteiger charge is 2.23. The van der Waals surface area contributed by atoms with Gasteiger partial charge in [0.2, 0.25) is 5.91 Å². The van der Waals surface area contributed by atoms with Crippen molar-refractivity contribution in [2.24, 2.45) is 0 Å². The summed E-state index contributed by atoms with van der Waals surface area (Å²) in [5, 5.41) is 0.685. The van der Waals surface area contributed by atoms with Crippen LogP contribution in [0.4, 0.5) is 0 Å². The summed E-state index contributed by atoms with van der Waals surface area (Å²) >= 11 is 1.55. The number of carbonyl (C=O) groups is 1. The van der Waals surface area contributed by atoms with Crippen LogP contribution in [0.15, 0.2) is 23.3 Å². The quantitative estimate of drug-likeness (QED) is 0.694. The van der Waals surface area contributed by atoms with E-state index in [0.717, 1.165) is 21.4 Å². The van der Waals surface area contributed by atoms with Crippen molar-refractivity contribution >= 4 is 27.5 Å². The average molecular weight is 385 g/mol. The standard InChI is InChI=1S/C19H23N5O2S/c1-12(23-7-5-20-14(23)3)10-17(25)22-6-4-16-21-18-15(11-13(2)27-18)19(26)24(16)9-8-22/h5,7,11-12H,4,6,8-10H2,1-3H3. The highest BCUT2D eigenvalue weighted by Crippen LogP contribution is 2.22. The maximum atomic E-state index is 12.8. The Morgan fingerprint density at radius 2 is 2.11 bits per heavy atom. The van der Waals surface area contributed by atoms with Crippen molar-refractivity contribution < 1.29 is 4.79 Å². The molecule has 3 aromatic rings. The molecule has 0 radical (unpaired) electrons. The second kappa shape index (κ2) is 6.92. The van der Waals surface area contributed by atoms with Gasteiger partial charge in [-0.25, -0.2) is 9.97 Å². The van der Waals surface area contributed by atoms with Gasteiger partial charge in [0.15, 0.2) is 0 Å². The van der Waals surface area contributed by atoms with Crippen LogP contribution in [0.5, 0.6) is 0 Å². The number of aromatic nitrogens is 4. The molecule has 0 saturated heterocycles. The smallest absolute Gasteiger partial charge is 0.262 e. The fourth-order valence-electron chi connectivity index (χ4n) is 3.75. The molecule has 0 aliphatic carbocycles. The zero-order valence-corrected chi connectivity index (χ0v) is 16.6. The Morgan fingerprint density at radius 3 is 2.85 bits per heavy atom. The first-order chi connectivity index (χ1) is 12.9. The highest BCUT2D eigenvalue weighted by atomic mass is 32.1. The Balaban J connectivity index is 1.51. The highest BCUT2D eigenvalue weighted by molar-refractivity contribution is 7.18. The van der Waals surface area contributed by atoms with E-state index in [1.165, 1.54) is 0 Å². The summed E-state index contributed by atoms with van der Waals surface area (Å²) in [6.45, 7) is 7.59. The van der Waals surface area contributed by atoms with Crippen LogP contribution in [-0.4, -0.2) is 43.0 Å². The predicted molar refractivity (Wildman–Crippen MR) is 105 cm³/mol. The van der Waals surface area contributed by atoms with E-state index in [9.17, 15) is 9.59 Å². The number of amides is 1. The van der Waals surface area contributed by atoms with E-state index in [-0.39, 0.29) is 17.5 Å². The van der Waals surface area contributed by atoms with Crippen LogP contribution in [0.3, 0.4) is 0 Å². The second-order valence-corrected chi connectivity index (χ2v) is 8.36. The van der Waals surface area contributed by atoms with Gasteiger partial charge in [-0.15, -0.1) is 11.3 Å². The number of rotatable bonds is 3. The molecule has 0 aromatic carbocycles. The molecular weight excluding hydrogens is 362 g/mol. The minimum atomic E-state index is 0.0102. The Labute approximate surface area is 161 Å². The summed E-state index contributed by atoms with van der Waals surface area (Å²) in [7, 11) is 0. The number of hydrogen-bond donors (Lipinski definition) is 0. The monoisotopic (exact) mass is 385 g/mol. The fraction of sp³-hybridized carbons (Fsp3) is 0.474. The molecule has 0 fully saturated rings. The normalized spacial score (nSPS) is 15.6. The van der Waals surface area contributed by atoms with E-state index in [0.29, 0.717) is 37.9 Å². The molecule has 1 unspecified atom stereocenters. The molecule has 1 amide bonds. The van der Waals surface area contributed by atoms with Crippen molar-refractivity contribution in [2.75, 3.05) is 13.1 Å². The molecule has 0 bridgehead atoms. The van der Waals surface area contributed by atoms with Crippen molar-refractivity contribution in [2.45, 2.75) is 46.2 Å². The number of hydrogen-bond acceptors (Lipinski definition) is 5. The van der Waals surface area contributed by atoms with Crippen LogP contribution in [0.1, 0.15) is 35.9 Å². The maximum absolute atomic E-state index is 12.8. The molecule has 1 aliphatic rings. The van der Waals surface area contributed by atoms with Crippen LogP contribution < -0.4 is 5.56 Å². The lowest BCUT2D eigenvalue weighted by Crippen LogP contribution is -2.35. The average Bonchev–Trinajstić information content (AvgIpc) is 3.14. The van der Waals surface area contributed by atoms with Crippen LogP contribution in [-0.2, 0) is 17.8 Å². The molecule has 4 heterocycles. The van der Waals surface area contributed by atoms with E-state index in [4.69, 9.17) is 4.98 Å². The van der Waals surface area contributed by atoms with Crippen molar-refractivity contribution in [1.29, 1.82) is 0 Å². The van der Waals surface area contributed by atoms with Gasteiger partial charge in [0.25, 0.3) is 5.56 Å². The van der Waals surface area contributed by atoms with Crippen LogP contribution in [0.2, 0.25) is 0 Å².